The highest BCUT2D eigenvalue weighted by atomic mass is 32.2. The summed E-state index contributed by atoms with van der Waals surface area (Å²) in [5.74, 6) is -0.776. The Morgan fingerprint density at radius 1 is 1.43 bits per heavy atom. The van der Waals surface area contributed by atoms with E-state index in [4.69, 9.17) is 5.73 Å². The summed E-state index contributed by atoms with van der Waals surface area (Å²) in [6.45, 7) is 0. The number of carboxylic acids is 1. The Balaban J connectivity index is 2.23. The van der Waals surface area contributed by atoms with Gasteiger partial charge in [-0.1, -0.05) is 0 Å². The van der Waals surface area contributed by atoms with Crippen molar-refractivity contribution in [2.45, 2.75) is 5.16 Å². The lowest BCUT2D eigenvalue weighted by Crippen LogP contribution is -2.15. The topological polar surface area (TPSA) is 115 Å². The molecule has 1 aromatic heterocycles. The van der Waals surface area contributed by atoms with Gasteiger partial charge in [-0.25, -0.2) is 9.78 Å². The molecule has 0 amide bonds. The molecule has 8 heteroatoms. The summed E-state index contributed by atoms with van der Waals surface area (Å²) < 4.78 is 0. The molecule has 0 saturated carbocycles. The van der Waals surface area contributed by atoms with E-state index in [-0.39, 0.29) is 11.4 Å². The van der Waals surface area contributed by atoms with Crippen molar-refractivity contribution in [1.29, 1.82) is 0 Å². The molecule has 5 N–H and O–H groups in total. The van der Waals surface area contributed by atoms with Crippen LogP contribution >= 0.6 is 11.8 Å². The molecule has 7 nitrogen and oxygen atoms in total. The number of nitrogens with two attached hydrogens (primary N) is 1. The van der Waals surface area contributed by atoms with Crippen LogP contribution in [-0.4, -0.2) is 28.5 Å². The molecule has 2 rings (SSSR count). The average molecular weight is 330 g/mol. The number of nitrogens with one attached hydrogen (secondary N) is 2. The van der Waals surface area contributed by atoms with Gasteiger partial charge in [0, 0.05) is 11.9 Å². The van der Waals surface area contributed by atoms with Gasteiger partial charge in [0.1, 0.15) is 6.20 Å². The number of H-pyrrole nitrogens is 1. The fourth-order valence-corrected chi connectivity index (χ4v) is 2.06. The molecule has 23 heavy (non-hydrogen) atoms. The standard InChI is InChI=1S/C15H15N5O2S/c1-23-15-18-9-12(14(21)22)13(20-15)19-11-5-3-10(4-6-11)17-8-2-7-16/h2-9H,16H2,1H3,(H,21,22)(H,18,19,20)/p+1. The maximum Gasteiger partial charge on any atom is 0.359 e. The van der Waals surface area contributed by atoms with Crippen molar-refractivity contribution in [3.63, 3.8) is 0 Å². The Labute approximate surface area is 137 Å². The van der Waals surface area contributed by atoms with Gasteiger partial charge in [0.05, 0.1) is 5.69 Å². The van der Waals surface area contributed by atoms with Gasteiger partial charge in [0.25, 0.3) is 5.82 Å². The van der Waals surface area contributed by atoms with Crippen molar-refractivity contribution in [2.75, 3.05) is 11.6 Å². The number of aliphatic imine (C=N–C) groups is 1. The second-order valence-electron chi connectivity index (χ2n) is 4.31. The highest BCUT2D eigenvalue weighted by molar-refractivity contribution is 7.98. The lowest BCUT2D eigenvalue weighted by atomic mass is 10.2. The first kappa shape index (κ1) is 16.5. The Morgan fingerprint density at radius 2 is 2.17 bits per heavy atom. The quantitative estimate of drug-likeness (QED) is 0.425. The molecule has 0 radical (unpaired) electrons. The van der Waals surface area contributed by atoms with Crippen molar-refractivity contribution < 1.29 is 14.9 Å². The van der Waals surface area contributed by atoms with Crippen LogP contribution in [0.2, 0.25) is 0 Å². The van der Waals surface area contributed by atoms with Crippen LogP contribution in [0.5, 0.6) is 0 Å². The summed E-state index contributed by atoms with van der Waals surface area (Å²) in [5, 5.41) is 12.9. The molecule has 0 aliphatic heterocycles. The van der Waals surface area contributed by atoms with Gasteiger partial charge >= 0.3 is 11.1 Å². The van der Waals surface area contributed by atoms with Gasteiger partial charge in [0.2, 0.25) is 0 Å². The minimum Gasteiger partial charge on any atom is -0.477 e. The first-order valence-electron chi connectivity index (χ1n) is 6.62. The third-order valence-electron chi connectivity index (χ3n) is 2.78. The summed E-state index contributed by atoms with van der Waals surface area (Å²) >= 11 is 1.39. The predicted molar refractivity (Wildman–Crippen MR) is 90.7 cm³/mol. The molecule has 2 aromatic rings. The minimum atomic E-state index is -1.06. The Hall–Kier alpha value is -2.87. The number of aromatic amines is 1. The van der Waals surface area contributed by atoms with Crippen molar-refractivity contribution >= 4 is 41.1 Å². The number of allylic oxidation sites excluding steroid dienone is 1. The van der Waals surface area contributed by atoms with Crippen molar-refractivity contribution in [3.8, 4) is 0 Å². The van der Waals surface area contributed by atoms with Crippen LogP contribution in [0.1, 0.15) is 10.4 Å². The number of thioether (sulfide) groups is 1. The zero-order valence-electron chi connectivity index (χ0n) is 12.4. The molecular weight excluding hydrogens is 314 g/mol. The summed E-state index contributed by atoms with van der Waals surface area (Å²) in [7, 11) is 0. The minimum absolute atomic E-state index is 0.0676. The van der Waals surface area contributed by atoms with Crippen LogP contribution < -0.4 is 16.0 Å². The first-order chi connectivity index (χ1) is 11.1. The number of hydrogen-bond acceptors (Lipinski definition) is 6. The summed E-state index contributed by atoms with van der Waals surface area (Å²) in [4.78, 5) is 22.5. The zero-order chi connectivity index (χ0) is 16.7. The number of nitrogens with zero attached hydrogens (tertiary/aromatic N) is 2. The third-order valence-corrected chi connectivity index (χ3v) is 3.38. The number of carbonyl (C=O) groups is 1. The Bertz CT molecular complexity index is 744. The van der Waals surface area contributed by atoms with Crippen LogP contribution in [0.3, 0.4) is 0 Å². The molecule has 0 aliphatic rings. The van der Waals surface area contributed by atoms with E-state index >= 15 is 0 Å². The van der Waals surface area contributed by atoms with E-state index in [9.17, 15) is 9.90 Å². The molecule has 0 atom stereocenters. The van der Waals surface area contributed by atoms with Gasteiger partial charge in [-0.15, -0.1) is 0 Å². The van der Waals surface area contributed by atoms with Crippen molar-refractivity contribution in [1.82, 2.24) is 4.98 Å². The molecule has 0 unspecified atom stereocenters. The molecule has 0 aliphatic carbocycles. The maximum absolute atomic E-state index is 11.3. The predicted octanol–water partition coefficient (Wildman–Crippen LogP) is 2.23. The van der Waals surface area contributed by atoms with Gasteiger partial charge in [-0.05, 0) is 59.5 Å². The van der Waals surface area contributed by atoms with E-state index in [0.29, 0.717) is 10.8 Å². The van der Waals surface area contributed by atoms with E-state index in [2.05, 4.69) is 20.3 Å². The molecular formula is C15H16N5O2S+. The number of benzene rings is 1. The molecule has 1 aromatic carbocycles. The van der Waals surface area contributed by atoms with Crippen LogP contribution in [0.25, 0.3) is 0 Å². The number of carboxylic acid groups (broad SMARTS) is 1. The average Bonchev–Trinajstić information content (AvgIpc) is 2.56. The van der Waals surface area contributed by atoms with E-state index < -0.39 is 5.97 Å². The zero-order valence-corrected chi connectivity index (χ0v) is 13.2. The van der Waals surface area contributed by atoms with Crippen LogP contribution in [-0.2, 0) is 0 Å². The second kappa shape index (κ2) is 7.95. The monoisotopic (exact) mass is 330 g/mol. The first-order valence-corrected chi connectivity index (χ1v) is 7.84. The Kier molecular flexibility index (Phi) is 5.70. The largest absolute Gasteiger partial charge is 0.477 e. The van der Waals surface area contributed by atoms with E-state index in [1.54, 1.807) is 36.6 Å². The van der Waals surface area contributed by atoms with Gasteiger partial charge < -0.3 is 16.2 Å². The van der Waals surface area contributed by atoms with Gasteiger partial charge in [-0.2, -0.15) is 0 Å². The van der Waals surface area contributed by atoms with E-state index in [0.717, 1.165) is 5.69 Å². The number of rotatable bonds is 6. The van der Waals surface area contributed by atoms with Crippen LogP contribution in [0, 0.1) is 0 Å². The molecule has 0 spiro atoms. The number of aromatic carboxylic acids is 1. The SMILES string of the molecule is CSc1nc(Nc2ccc(N=CC=CN)cc2)c(C(=O)O)c[nH+]1. The Morgan fingerprint density at radius 3 is 2.78 bits per heavy atom. The summed E-state index contributed by atoms with van der Waals surface area (Å²) in [5.41, 5.74) is 6.76. The normalized spacial score (nSPS) is 11.2. The van der Waals surface area contributed by atoms with Gasteiger partial charge in [-0.3, -0.25) is 4.99 Å². The number of hydrogen-bond donors (Lipinski definition) is 3. The van der Waals surface area contributed by atoms with Crippen molar-refractivity contribution in [2.24, 2.45) is 10.7 Å². The van der Waals surface area contributed by atoms with Crippen molar-refractivity contribution in [3.05, 3.63) is 48.3 Å². The van der Waals surface area contributed by atoms with E-state index in [1.165, 1.54) is 24.2 Å². The second-order valence-corrected chi connectivity index (χ2v) is 5.11. The molecule has 0 saturated heterocycles. The molecule has 0 bridgehead atoms. The molecule has 0 fully saturated rings. The number of aromatic nitrogens is 2. The fraction of sp³-hybridized carbons (Fsp3) is 0.0667. The fourth-order valence-electron chi connectivity index (χ4n) is 1.71. The number of anilines is 2. The highest BCUT2D eigenvalue weighted by Gasteiger charge is 2.20. The van der Waals surface area contributed by atoms with E-state index in [1.807, 2.05) is 6.26 Å². The summed E-state index contributed by atoms with van der Waals surface area (Å²) in [6, 6.07) is 7.19. The maximum atomic E-state index is 11.3. The molecule has 118 valence electrons. The smallest absolute Gasteiger partial charge is 0.359 e. The van der Waals surface area contributed by atoms with Crippen LogP contribution in [0.4, 0.5) is 17.2 Å². The summed E-state index contributed by atoms with van der Waals surface area (Å²) in [6.07, 6.45) is 7.88. The van der Waals surface area contributed by atoms with Crippen LogP contribution in [0.15, 0.2) is 52.9 Å². The molecule has 1 heterocycles. The lowest BCUT2D eigenvalue weighted by molar-refractivity contribution is -0.433. The highest BCUT2D eigenvalue weighted by Crippen LogP contribution is 2.22. The van der Waals surface area contributed by atoms with Gasteiger partial charge in [0.15, 0.2) is 5.56 Å². The third kappa shape index (κ3) is 4.55. The lowest BCUT2D eigenvalue weighted by Gasteiger charge is -2.04.